The Labute approximate surface area is 137 Å². The summed E-state index contributed by atoms with van der Waals surface area (Å²) in [4.78, 5) is 12.1. The number of nitrogens with one attached hydrogen (secondary N) is 2. The standard InChI is InChI=1S/C14H13IN2O3S/c1-21(19,20)17-13-4-2-3-12(9-13)16-14(18)10-5-7-11(15)8-6-10/h2-9,17H,1H3,(H,16,18). The Morgan fingerprint density at radius 2 is 1.67 bits per heavy atom. The van der Waals surface area contributed by atoms with Crippen molar-refractivity contribution < 1.29 is 13.2 Å². The molecule has 7 heteroatoms. The molecule has 0 aliphatic rings. The molecule has 0 saturated heterocycles. The van der Waals surface area contributed by atoms with Crippen LogP contribution in [0, 0.1) is 3.57 Å². The molecule has 2 aromatic carbocycles. The number of anilines is 2. The summed E-state index contributed by atoms with van der Waals surface area (Å²) < 4.78 is 25.8. The van der Waals surface area contributed by atoms with Crippen molar-refractivity contribution in [3.8, 4) is 0 Å². The number of halogens is 1. The summed E-state index contributed by atoms with van der Waals surface area (Å²) in [6.07, 6.45) is 1.07. The zero-order valence-corrected chi connectivity index (χ0v) is 14.1. The molecular weight excluding hydrogens is 403 g/mol. The third kappa shape index (κ3) is 5.01. The maximum absolute atomic E-state index is 12.1. The highest BCUT2D eigenvalue weighted by atomic mass is 127. The van der Waals surface area contributed by atoms with Gasteiger partial charge in [-0.15, -0.1) is 0 Å². The van der Waals surface area contributed by atoms with Gasteiger partial charge in [0.2, 0.25) is 10.0 Å². The van der Waals surface area contributed by atoms with E-state index in [1.165, 1.54) is 0 Å². The summed E-state index contributed by atoms with van der Waals surface area (Å²) in [5.41, 5.74) is 1.46. The van der Waals surface area contributed by atoms with Crippen molar-refractivity contribution in [2.24, 2.45) is 0 Å². The first-order valence-corrected chi connectivity index (χ1v) is 8.95. The number of hydrogen-bond donors (Lipinski definition) is 2. The second-order valence-corrected chi connectivity index (χ2v) is 7.41. The van der Waals surface area contributed by atoms with Crippen molar-refractivity contribution in [2.45, 2.75) is 0 Å². The highest BCUT2D eigenvalue weighted by Gasteiger charge is 2.07. The fraction of sp³-hybridized carbons (Fsp3) is 0.0714. The molecule has 0 aliphatic heterocycles. The zero-order chi connectivity index (χ0) is 15.5. The topological polar surface area (TPSA) is 75.3 Å². The number of hydrogen-bond acceptors (Lipinski definition) is 3. The number of sulfonamides is 1. The number of carbonyl (C=O) groups is 1. The number of benzene rings is 2. The van der Waals surface area contributed by atoms with Crippen LogP contribution in [0.15, 0.2) is 48.5 Å². The molecule has 110 valence electrons. The lowest BCUT2D eigenvalue weighted by molar-refractivity contribution is 0.102. The zero-order valence-electron chi connectivity index (χ0n) is 11.1. The molecular formula is C14H13IN2O3S. The van der Waals surface area contributed by atoms with Crippen molar-refractivity contribution in [3.63, 3.8) is 0 Å². The molecule has 0 atom stereocenters. The molecule has 0 aromatic heterocycles. The van der Waals surface area contributed by atoms with Gasteiger partial charge in [0, 0.05) is 14.8 Å². The molecule has 1 amide bonds. The van der Waals surface area contributed by atoms with Gasteiger partial charge in [0.05, 0.1) is 11.9 Å². The van der Waals surface area contributed by atoms with Crippen LogP contribution >= 0.6 is 22.6 Å². The van der Waals surface area contributed by atoms with E-state index in [9.17, 15) is 13.2 Å². The van der Waals surface area contributed by atoms with Gasteiger partial charge < -0.3 is 5.32 Å². The third-order valence-corrected chi connectivity index (χ3v) is 3.86. The lowest BCUT2D eigenvalue weighted by Gasteiger charge is -2.08. The Kier molecular flexibility index (Phi) is 4.84. The van der Waals surface area contributed by atoms with E-state index in [1.807, 2.05) is 12.1 Å². The summed E-state index contributed by atoms with van der Waals surface area (Å²) in [6, 6.07) is 13.7. The molecule has 0 heterocycles. The molecule has 0 radical (unpaired) electrons. The van der Waals surface area contributed by atoms with Crippen molar-refractivity contribution in [2.75, 3.05) is 16.3 Å². The molecule has 0 fully saturated rings. The first kappa shape index (κ1) is 15.8. The van der Waals surface area contributed by atoms with Gasteiger partial charge >= 0.3 is 0 Å². The van der Waals surface area contributed by atoms with Gasteiger partial charge in [0.15, 0.2) is 0 Å². The molecule has 0 bridgehead atoms. The molecule has 2 rings (SSSR count). The number of carbonyl (C=O) groups excluding carboxylic acids is 1. The van der Waals surface area contributed by atoms with Crippen molar-refractivity contribution in [1.29, 1.82) is 0 Å². The summed E-state index contributed by atoms with van der Waals surface area (Å²) >= 11 is 2.16. The van der Waals surface area contributed by atoms with Gasteiger partial charge in [-0.3, -0.25) is 9.52 Å². The Bertz CT molecular complexity index is 758. The van der Waals surface area contributed by atoms with E-state index >= 15 is 0 Å². The molecule has 21 heavy (non-hydrogen) atoms. The van der Waals surface area contributed by atoms with Gasteiger partial charge in [-0.1, -0.05) is 6.07 Å². The average Bonchev–Trinajstić information content (AvgIpc) is 2.37. The van der Waals surface area contributed by atoms with Gasteiger partial charge in [-0.25, -0.2) is 8.42 Å². The molecule has 2 N–H and O–H groups in total. The van der Waals surface area contributed by atoms with Crippen LogP contribution in [0.2, 0.25) is 0 Å². The van der Waals surface area contributed by atoms with Crippen LogP contribution < -0.4 is 10.0 Å². The van der Waals surface area contributed by atoms with Gasteiger partial charge in [-0.05, 0) is 65.1 Å². The highest BCUT2D eigenvalue weighted by molar-refractivity contribution is 14.1. The fourth-order valence-electron chi connectivity index (χ4n) is 1.68. The fourth-order valence-corrected chi connectivity index (χ4v) is 2.59. The van der Waals surface area contributed by atoms with Crippen LogP contribution in [0.4, 0.5) is 11.4 Å². The van der Waals surface area contributed by atoms with E-state index in [2.05, 4.69) is 32.6 Å². The van der Waals surface area contributed by atoms with Crippen molar-refractivity contribution in [3.05, 3.63) is 57.7 Å². The normalized spacial score (nSPS) is 11.0. The summed E-state index contributed by atoms with van der Waals surface area (Å²) in [7, 11) is -3.34. The minimum Gasteiger partial charge on any atom is -0.322 e. The molecule has 2 aromatic rings. The molecule has 0 saturated carbocycles. The quantitative estimate of drug-likeness (QED) is 0.753. The monoisotopic (exact) mass is 416 g/mol. The van der Waals surface area contributed by atoms with E-state index in [-0.39, 0.29) is 5.91 Å². The largest absolute Gasteiger partial charge is 0.322 e. The molecule has 5 nitrogen and oxygen atoms in total. The summed E-state index contributed by atoms with van der Waals surface area (Å²) in [6.45, 7) is 0. The van der Waals surface area contributed by atoms with Crippen LogP contribution in [-0.2, 0) is 10.0 Å². The SMILES string of the molecule is CS(=O)(=O)Nc1cccc(NC(=O)c2ccc(I)cc2)c1. The Morgan fingerprint density at radius 1 is 1.05 bits per heavy atom. The van der Waals surface area contributed by atoms with E-state index in [0.717, 1.165) is 9.83 Å². The van der Waals surface area contributed by atoms with E-state index in [1.54, 1.807) is 36.4 Å². The average molecular weight is 416 g/mol. The Morgan fingerprint density at radius 3 is 2.29 bits per heavy atom. The van der Waals surface area contributed by atoms with Crippen molar-refractivity contribution >= 4 is 49.9 Å². The number of rotatable bonds is 4. The van der Waals surface area contributed by atoms with E-state index in [0.29, 0.717) is 16.9 Å². The minimum absolute atomic E-state index is 0.247. The van der Waals surface area contributed by atoms with Crippen molar-refractivity contribution in [1.82, 2.24) is 0 Å². The smallest absolute Gasteiger partial charge is 0.255 e. The Balaban J connectivity index is 2.14. The van der Waals surface area contributed by atoms with Gasteiger partial charge in [0.1, 0.15) is 0 Å². The predicted molar refractivity (Wildman–Crippen MR) is 92.0 cm³/mol. The molecule has 0 unspecified atom stereocenters. The third-order valence-electron chi connectivity index (χ3n) is 2.53. The number of amides is 1. The van der Waals surface area contributed by atoms with Crippen LogP contribution in [0.25, 0.3) is 0 Å². The molecule has 0 spiro atoms. The first-order chi connectivity index (χ1) is 9.83. The van der Waals surface area contributed by atoms with Crippen LogP contribution in [0.5, 0.6) is 0 Å². The summed E-state index contributed by atoms with van der Waals surface area (Å²) in [5.74, 6) is -0.247. The highest BCUT2D eigenvalue weighted by Crippen LogP contribution is 2.17. The maximum atomic E-state index is 12.1. The lowest BCUT2D eigenvalue weighted by atomic mass is 10.2. The van der Waals surface area contributed by atoms with Crippen LogP contribution in [0.1, 0.15) is 10.4 Å². The van der Waals surface area contributed by atoms with E-state index < -0.39 is 10.0 Å². The Hall–Kier alpha value is -1.61. The second-order valence-electron chi connectivity index (χ2n) is 4.42. The molecule has 0 aliphatic carbocycles. The minimum atomic E-state index is -3.34. The maximum Gasteiger partial charge on any atom is 0.255 e. The van der Waals surface area contributed by atoms with E-state index in [4.69, 9.17) is 0 Å². The van der Waals surface area contributed by atoms with Gasteiger partial charge in [0.25, 0.3) is 5.91 Å². The van der Waals surface area contributed by atoms with Crippen LogP contribution in [0.3, 0.4) is 0 Å². The summed E-state index contributed by atoms with van der Waals surface area (Å²) in [5, 5.41) is 2.73. The lowest BCUT2D eigenvalue weighted by Crippen LogP contribution is -2.13. The first-order valence-electron chi connectivity index (χ1n) is 5.98. The van der Waals surface area contributed by atoms with Gasteiger partial charge in [-0.2, -0.15) is 0 Å². The van der Waals surface area contributed by atoms with Crippen LogP contribution in [-0.4, -0.2) is 20.6 Å². The second kappa shape index (κ2) is 6.44. The predicted octanol–water partition coefficient (Wildman–Crippen LogP) is 2.92.